The van der Waals surface area contributed by atoms with Gasteiger partial charge in [0.25, 0.3) is 0 Å². The number of likely N-dealkylation sites (tertiary alicyclic amines) is 1. The van der Waals surface area contributed by atoms with Crippen LogP contribution in [0.25, 0.3) is 0 Å². The van der Waals surface area contributed by atoms with Crippen molar-refractivity contribution in [3.63, 3.8) is 0 Å². The lowest BCUT2D eigenvalue weighted by molar-refractivity contribution is -0.140. The Balaban J connectivity index is 1.67. The van der Waals surface area contributed by atoms with Gasteiger partial charge in [0.15, 0.2) is 0 Å². The molecule has 1 amide bonds. The number of alkyl halides is 1. The first kappa shape index (κ1) is 13.5. The number of amides is 1. The summed E-state index contributed by atoms with van der Waals surface area (Å²) in [7, 11) is 0. The Morgan fingerprint density at radius 2 is 2.25 bits per heavy atom. The molecule has 2 aliphatic rings. The average molecular weight is 283 g/mol. The number of aromatic nitrogens is 1. The minimum absolute atomic E-state index is 0.00283. The molecule has 20 heavy (non-hydrogen) atoms. The van der Waals surface area contributed by atoms with Crippen molar-refractivity contribution in [3.8, 4) is 0 Å². The molecule has 2 aliphatic heterocycles. The van der Waals surface area contributed by atoms with Crippen LogP contribution in [0.5, 0.6) is 0 Å². The molecule has 0 N–H and O–H groups in total. The largest absolute Gasteiger partial charge is 0.378 e. The van der Waals surface area contributed by atoms with E-state index in [1.165, 1.54) is 6.26 Å². The number of halogens is 1. The number of morpholine rings is 1. The first-order valence-corrected chi connectivity index (χ1v) is 6.88. The predicted octanol–water partition coefficient (Wildman–Crippen LogP) is 0.446. The zero-order chi connectivity index (χ0) is 13.9. The fourth-order valence-corrected chi connectivity index (χ4v) is 2.80. The maximum Gasteiger partial charge on any atom is 0.240 e. The Morgan fingerprint density at radius 1 is 1.45 bits per heavy atom. The molecule has 110 valence electrons. The van der Waals surface area contributed by atoms with Crippen LogP contribution in [0.4, 0.5) is 4.39 Å². The zero-order valence-corrected chi connectivity index (χ0v) is 11.2. The zero-order valence-electron chi connectivity index (χ0n) is 11.2. The fourth-order valence-electron chi connectivity index (χ4n) is 2.80. The molecule has 0 bridgehead atoms. The van der Waals surface area contributed by atoms with Gasteiger partial charge in [-0.15, -0.1) is 0 Å². The van der Waals surface area contributed by atoms with E-state index in [-0.39, 0.29) is 18.9 Å². The number of carbonyl (C=O) groups is 1. The van der Waals surface area contributed by atoms with Gasteiger partial charge in [0.05, 0.1) is 24.9 Å². The molecule has 0 saturated carbocycles. The second kappa shape index (κ2) is 5.88. The molecular weight excluding hydrogens is 265 g/mol. The number of rotatable bonds is 3. The van der Waals surface area contributed by atoms with Crippen molar-refractivity contribution in [2.24, 2.45) is 0 Å². The monoisotopic (exact) mass is 283 g/mol. The molecule has 3 rings (SSSR count). The Kier molecular flexibility index (Phi) is 3.98. The van der Waals surface area contributed by atoms with Crippen molar-refractivity contribution < 1.29 is 18.4 Å². The van der Waals surface area contributed by atoms with Gasteiger partial charge in [0.1, 0.15) is 12.4 Å². The van der Waals surface area contributed by atoms with Crippen LogP contribution in [0.3, 0.4) is 0 Å². The van der Waals surface area contributed by atoms with Gasteiger partial charge in [-0.1, -0.05) is 5.16 Å². The lowest BCUT2D eigenvalue weighted by atomic mass is 10.1. The van der Waals surface area contributed by atoms with Crippen LogP contribution in [-0.2, 0) is 16.1 Å². The second-order valence-electron chi connectivity index (χ2n) is 5.21. The minimum Gasteiger partial charge on any atom is -0.378 e. The average Bonchev–Trinajstić information content (AvgIpc) is 3.09. The molecule has 6 nitrogen and oxygen atoms in total. The van der Waals surface area contributed by atoms with E-state index >= 15 is 0 Å². The molecule has 1 aromatic heterocycles. The molecular formula is C13H18FN3O3. The van der Waals surface area contributed by atoms with Crippen LogP contribution in [0.15, 0.2) is 16.9 Å². The predicted molar refractivity (Wildman–Crippen MR) is 67.6 cm³/mol. The molecule has 2 atom stereocenters. The van der Waals surface area contributed by atoms with Gasteiger partial charge in [-0.3, -0.25) is 9.69 Å². The van der Waals surface area contributed by atoms with Crippen molar-refractivity contribution in [2.45, 2.75) is 25.2 Å². The van der Waals surface area contributed by atoms with Crippen molar-refractivity contribution in [2.75, 3.05) is 32.8 Å². The molecule has 0 unspecified atom stereocenters. The minimum atomic E-state index is -0.961. The fraction of sp³-hybridized carbons (Fsp3) is 0.692. The standard InChI is InChI=1S/C13H18FN3O3/c14-10-7-12(13(18)16-2-5-19-6-3-16)17(8-10)9-11-1-4-20-15-11/h1,4,10,12H,2-3,5-9H2/t10-,12+/m1/s1. The third-order valence-corrected chi connectivity index (χ3v) is 3.82. The normalized spacial score (nSPS) is 27.9. The quantitative estimate of drug-likeness (QED) is 0.806. The maximum absolute atomic E-state index is 13.7. The van der Waals surface area contributed by atoms with E-state index < -0.39 is 12.2 Å². The summed E-state index contributed by atoms with van der Waals surface area (Å²) in [6.45, 7) is 3.00. The molecule has 7 heteroatoms. The van der Waals surface area contributed by atoms with E-state index in [4.69, 9.17) is 9.26 Å². The summed E-state index contributed by atoms with van der Waals surface area (Å²) in [5.74, 6) is -0.00283. The van der Waals surface area contributed by atoms with Crippen LogP contribution < -0.4 is 0 Å². The number of ether oxygens (including phenoxy) is 1. The van der Waals surface area contributed by atoms with E-state index in [2.05, 4.69) is 5.16 Å². The third-order valence-electron chi connectivity index (χ3n) is 3.82. The van der Waals surface area contributed by atoms with Gasteiger partial charge in [-0.2, -0.15) is 0 Å². The van der Waals surface area contributed by atoms with Crippen LogP contribution in [0, 0.1) is 0 Å². The van der Waals surface area contributed by atoms with E-state index in [1.54, 1.807) is 11.0 Å². The topological polar surface area (TPSA) is 58.8 Å². The van der Waals surface area contributed by atoms with Crippen LogP contribution >= 0.6 is 0 Å². The molecule has 0 spiro atoms. The van der Waals surface area contributed by atoms with Gasteiger partial charge in [-0.25, -0.2) is 4.39 Å². The lowest BCUT2D eigenvalue weighted by Gasteiger charge is -2.32. The molecule has 0 radical (unpaired) electrons. The molecule has 1 aromatic rings. The number of carbonyl (C=O) groups excluding carboxylic acids is 1. The Hall–Kier alpha value is -1.47. The Morgan fingerprint density at radius 3 is 2.95 bits per heavy atom. The van der Waals surface area contributed by atoms with Crippen LogP contribution in [0.1, 0.15) is 12.1 Å². The molecule has 2 saturated heterocycles. The van der Waals surface area contributed by atoms with Gasteiger partial charge in [0.2, 0.25) is 5.91 Å². The van der Waals surface area contributed by atoms with Crippen molar-refractivity contribution in [3.05, 3.63) is 18.0 Å². The first-order chi connectivity index (χ1) is 9.74. The molecule has 0 aromatic carbocycles. The van der Waals surface area contributed by atoms with Gasteiger partial charge >= 0.3 is 0 Å². The highest BCUT2D eigenvalue weighted by Gasteiger charge is 2.39. The number of hydrogen-bond acceptors (Lipinski definition) is 5. The molecule has 3 heterocycles. The van der Waals surface area contributed by atoms with Crippen molar-refractivity contribution in [1.82, 2.24) is 15.0 Å². The summed E-state index contributed by atoms with van der Waals surface area (Å²) in [5.41, 5.74) is 0.721. The lowest BCUT2D eigenvalue weighted by Crippen LogP contribution is -2.49. The van der Waals surface area contributed by atoms with Gasteiger partial charge in [-0.05, 0) is 0 Å². The van der Waals surface area contributed by atoms with E-state index in [0.717, 1.165) is 5.69 Å². The van der Waals surface area contributed by atoms with Gasteiger partial charge < -0.3 is 14.2 Å². The summed E-state index contributed by atoms with van der Waals surface area (Å²) < 4.78 is 23.7. The number of nitrogens with zero attached hydrogens (tertiary/aromatic N) is 3. The first-order valence-electron chi connectivity index (χ1n) is 6.88. The summed E-state index contributed by atoms with van der Waals surface area (Å²) >= 11 is 0. The second-order valence-corrected chi connectivity index (χ2v) is 5.21. The van der Waals surface area contributed by atoms with Crippen molar-refractivity contribution >= 4 is 5.91 Å². The van der Waals surface area contributed by atoms with Crippen molar-refractivity contribution in [1.29, 1.82) is 0 Å². The highest BCUT2D eigenvalue weighted by molar-refractivity contribution is 5.82. The third kappa shape index (κ3) is 2.83. The SMILES string of the molecule is O=C([C@@H]1C[C@@H](F)CN1Cc1ccon1)N1CCOCC1. The summed E-state index contributed by atoms with van der Waals surface area (Å²) in [6, 6.07) is 1.33. The molecule has 0 aliphatic carbocycles. The maximum atomic E-state index is 13.7. The summed E-state index contributed by atoms with van der Waals surface area (Å²) in [5, 5.41) is 3.83. The highest BCUT2D eigenvalue weighted by atomic mass is 19.1. The van der Waals surface area contributed by atoms with E-state index in [9.17, 15) is 9.18 Å². The summed E-state index contributed by atoms with van der Waals surface area (Å²) in [4.78, 5) is 16.1. The smallest absolute Gasteiger partial charge is 0.240 e. The Labute approximate surface area is 116 Å². The van der Waals surface area contributed by atoms with Crippen LogP contribution in [0.2, 0.25) is 0 Å². The Bertz CT molecular complexity index is 448. The molecule has 2 fully saturated rings. The van der Waals surface area contributed by atoms with Gasteiger partial charge in [0, 0.05) is 38.7 Å². The summed E-state index contributed by atoms with van der Waals surface area (Å²) in [6.07, 6.45) is 0.780. The van der Waals surface area contributed by atoms with E-state index in [0.29, 0.717) is 32.8 Å². The van der Waals surface area contributed by atoms with Crippen LogP contribution in [-0.4, -0.2) is 65.9 Å². The highest BCUT2D eigenvalue weighted by Crippen LogP contribution is 2.24. The van der Waals surface area contributed by atoms with E-state index in [1.807, 2.05) is 4.90 Å². The number of hydrogen-bond donors (Lipinski definition) is 0.